The Balaban J connectivity index is 1.79. The zero-order chi connectivity index (χ0) is 14.3. The highest BCUT2D eigenvalue weighted by Gasteiger charge is 2.41. The second-order valence-corrected chi connectivity index (χ2v) is 7.41. The predicted molar refractivity (Wildman–Crippen MR) is 72.5 cm³/mol. The number of benzene rings is 1. The minimum absolute atomic E-state index is 0.00362. The largest absolute Gasteiger partial charge is 0.494 e. The van der Waals surface area contributed by atoms with Crippen LogP contribution < -0.4 is 9.46 Å². The third-order valence-corrected chi connectivity index (χ3v) is 5.97. The summed E-state index contributed by atoms with van der Waals surface area (Å²) >= 11 is 0. The van der Waals surface area contributed by atoms with Crippen molar-refractivity contribution in [3.8, 4) is 5.75 Å². The van der Waals surface area contributed by atoms with E-state index in [-0.39, 0.29) is 16.7 Å². The Labute approximate surface area is 118 Å². The van der Waals surface area contributed by atoms with E-state index in [0.29, 0.717) is 11.8 Å². The molecule has 0 aromatic heterocycles. The molecule has 0 aliphatic heterocycles. The van der Waals surface area contributed by atoms with Gasteiger partial charge in [-0.3, -0.25) is 0 Å². The van der Waals surface area contributed by atoms with E-state index < -0.39 is 15.8 Å². The molecule has 1 N–H and O–H groups in total. The molecule has 20 heavy (non-hydrogen) atoms. The topological polar surface area (TPSA) is 55.4 Å². The molecule has 2 aliphatic rings. The van der Waals surface area contributed by atoms with Crippen molar-refractivity contribution in [2.75, 3.05) is 7.11 Å². The molecule has 6 heteroatoms. The minimum Gasteiger partial charge on any atom is -0.494 e. The van der Waals surface area contributed by atoms with E-state index in [2.05, 4.69) is 4.72 Å². The fraction of sp³-hybridized carbons (Fsp3) is 0.571. The molecular weight excluding hydrogens is 281 g/mol. The van der Waals surface area contributed by atoms with Gasteiger partial charge in [0.15, 0.2) is 11.6 Å². The molecule has 0 amide bonds. The summed E-state index contributed by atoms with van der Waals surface area (Å²) in [5.41, 5.74) is 0. The van der Waals surface area contributed by atoms with Gasteiger partial charge in [-0.05, 0) is 49.3 Å². The Morgan fingerprint density at radius 2 is 2.10 bits per heavy atom. The fourth-order valence-electron chi connectivity index (χ4n) is 3.47. The van der Waals surface area contributed by atoms with Crippen LogP contribution in [0.25, 0.3) is 0 Å². The molecule has 2 bridgehead atoms. The van der Waals surface area contributed by atoms with Gasteiger partial charge in [-0.15, -0.1) is 0 Å². The quantitative estimate of drug-likeness (QED) is 0.928. The van der Waals surface area contributed by atoms with Crippen molar-refractivity contribution in [1.82, 2.24) is 4.72 Å². The highest BCUT2D eigenvalue weighted by atomic mass is 32.2. The van der Waals surface area contributed by atoms with Crippen LogP contribution in [0.15, 0.2) is 23.1 Å². The lowest BCUT2D eigenvalue weighted by Crippen LogP contribution is -2.38. The van der Waals surface area contributed by atoms with Crippen molar-refractivity contribution in [1.29, 1.82) is 0 Å². The van der Waals surface area contributed by atoms with Crippen molar-refractivity contribution >= 4 is 10.0 Å². The van der Waals surface area contributed by atoms with Crippen molar-refractivity contribution in [3.63, 3.8) is 0 Å². The summed E-state index contributed by atoms with van der Waals surface area (Å²) in [4.78, 5) is -0.0430. The van der Waals surface area contributed by atoms with E-state index >= 15 is 0 Å². The van der Waals surface area contributed by atoms with Gasteiger partial charge in [-0.25, -0.2) is 17.5 Å². The number of nitrogens with one attached hydrogen (secondary N) is 1. The summed E-state index contributed by atoms with van der Waals surface area (Å²) in [5, 5.41) is 0. The highest BCUT2D eigenvalue weighted by molar-refractivity contribution is 7.89. The molecule has 0 unspecified atom stereocenters. The van der Waals surface area contributed by atoms with E-state index in [1.165, 1.54) is 25.7 Å². The molecule has 2 aliphatic carbocycles. The van der Waals surface area contributed by atoms with Gasteiger partial charge in [0.2, 0.25) is 10.0 Å². The molecule has 0 radical (unpaired) electrons. The number of hydrogen-bond donors (Lipinski definition) is 1. The Kier molecular flexibility index (Phi) is 3.46. The van der Waals surface area contributed by atoms with Crippen LogP contribution in [-0.4, -0.2) is 21.6 Å². The van der Waals surface area contributed by atoms with Crippen LogP contribution >= 0.6 is 0 Å². The van der Waals surface area contributed by atoms with Crippen LogP contribution in [0.1, 0.15) is 25.7 Å². The Bertz CT molecular complexity index is 617. The molecule has 3 rings (SSSR count). The van der Waals surface area contributed by atoms with Crippen LogP contribution in [0.3, 0.4) is 0 Å². The zero-order valence-electron chi connectivity index (χ0n) is 11.3. The summed E-state index contributed by atoms with van der Waals surface area (Å²) < 4.78 is 45.8. The fourth-order valence-corrected chi connectivity index (χ4v) is 4.80. The lowest BCUT2D eigenvalue weighted by atomic mass is 9.96. The summed E-state index contributed by atoms with van der Waals surface area (Å²) in [6, 6.07) is 3.72. The smallest absolute Gasteiger partial charge is 0.240 e. The number of ether oxygens (including phenoxy) is 1. The number of methoxy groups -OCH3 is 1. The maximum absolute atomic E-state index is 13.6. The van der Waals surface area contributed by atoms with Crippen LogP contribution in [0.4, 0.5) is 4.39 Å². The summed E-state index contributed by atoms with van der Waals surface area (Å²) in [5.74, 6) is 0.477. The lowest BCUT2D eigenvalue weighted by Gasteiger charge is -2.22. The van der Waals surface area contributed by atoms with Gasteiger partial charge in [0.05, 0.1) is 12.0 Å². The monoisotopic (exact) mass is 299 g/mol. The standard InChI is InChI=1S/C14H18FNO3S/c1-19-14-5-4-11(8-12(14)15)20(17,18)16-13-7-9-2-3-10(13)6-9/h4-5,8-10,13,16H,2-3,6-7H2,1H3/t9-,10-,13-/m0/s1. The van der Waals surface area contributed by atoms with E-state index in [4.69, 9.17) is 4.74 Å². The molecule has 0 spiro atoms. The molecule has 0 heterocycles. The average molecular weight is 299 g/mol. The van der Waals surface area contributed by atoms with Crippen LogP contribution in [0.5, 0.6) is 5.75 Å². The third-order valence-electron chi connectivity index (χ3n) is 4.48. The number of hydrogen-bond acceptors (Lipinski definition) is 3. The Hall–Kier alpha value is -1.14. The molecule has 0 saturated heterocycles. The molecule has 1 aromatic carbocycles. The van der Waals surface area contributed by atoms with E-state index in [9.17, 15) is 12.8 Å². The SMILES string of the molecule is COc1ccc(S(=O)(=O)N[C@H]2C[C@H]3CC[C@H]2C3)cc1F. The first-order valence-electron chi connectivity index (χ1n) is 6.85. The van der Waals surface area contributed by atoms with Crippen molar-refractivity contribution in [2.45, 2.75) is 36.6 Å². The van der Waals surface area contributed by atoms with Gasteiger partial charge < -0.3 is 4.74 Å². The summed E-state index contributed by atoms with van der Waals surface area (Å²) in [7, 11) is -2.31. The molecule has 2 fully saturated rings. The van der Waals surface area contributed by atoms with Gasteiger partial charge in [0, 0.05) is 6.04 Å². The molecule has 3 atom stereocenters. The molecule has 2 saturated carbocycles. The van der Waals surface area contributed by atoms with Gasteiger partial charge in [-0.1, -0.05) is 6.42 Å². The zero-order valence-corrected chi connectivity index (χ0v) is 12.1. The number of sulfonamides is 1. The van der Waals surface area contributed by atoms with Crippen molar-refractivity contribution in [3.05, 3.63) is 24.0 Å². The van der Waals surface area contributed by atoms with Gasteiger partial charge in [0.1, 0.15) is 0 Å². The highest BCUT2D eigenvalue weighted by Crippen LogP contribution is 2.44. The summed E-state index contributed by atoms with van der Waals surface area (Å²) in [6.45, 7) is 0. The summed E-state index contributed by atoms with van der Waals surface area (Å²) in [6.07, 6.45) is 4.32. The van der Waals surface area contributed by atoms with E-state index in [1.54, 1.807) is 0 Å². The molecule has 1 aromatic rings. The second kappa shape index (κ2) is 5.00. The predicted octanol–water partition coefficient (Wildman–Crippen LogP) is 2.30. The maximum atomic E-state index is 13.6. The minimum atomic E-state index is -3.66. The van der Waals surface area contributed by atoms with Crippen LogP contribution in [0.2, 0.25) is 0 Å². The Morgan fingerprint density at radius 3 is 2.65 bits per heavy atom. The van der Waals surface area contributed by atoms with Crippen molar-refractivity contribution in [2.24, 2.45) is 11.8 Å². The van der Waals surface area contributed by atoms with Gasteiger partial charge in [0.25, 0.3) is 0 Å². The van der Waals surface area contributed by atoms with E-state index in [1.807, 2.05) is 0 Å². The average Bonchev–Trinajstić information content (AvgIpc) is 3.00. The number of halogens is 1. The van der Waals surface area contributed by atoms with Gasteiger partial charge in [-0.2, -0.15) is 0 Å². The first-order valence-corrected chi connectivity index (χ1v) is 8.34. The second-order valence-electron chi connectivity index (χ2n) is 5.70. The Morgan fingerprint density at radius 1 is 1.30 bits per heavy atom. The molecular formula is C14H18FNO3S. The first kappa shape index (κ1) is 13.8. The van der Waals surface area contributed by atoms with Gasteiger partial charge >= 0.3 is 0 Å². The molecule has 4 nitrogen and oxygen atoms in total. The normalized spacial score (nSPS) is 28.8. The number of fused-ring (bicyclic) bond motifs is 2. The van der Waals surface area contributed by atoms with E-state index in [0.717, 1.165) is 25.3 Å². The first-order chi connectivity index (χ1) is 9.49. The molecule has 110 valence electrons. The number of rotatable bonds is 4. The third kappa shape index (κ3) is 2.42. The van der Waals surface area contributed by atoms with Crippen LogP contribution in [-0.2, 0) is 10.0 Å². The maximum Gasteiger partial charge on any atom is 0.240 e. The van der Waals surface area contributed by atoms with Crippen LogP contribution in [0, 0.1) is 17.7 Å². The van der Waals surface area contributed by atoms with Crippen molar-refractivity contribution < 1.29 is 17.5 Å². The lowest BCUT2D eigenvalue weighted by molar-refractivity contribution is 0.384.